The van der Waals surface area contributed by atoms with E-state index in [4.69, 9.17) is 13.9 Å². The van der Waals surface area contributed by atoms with Gasteiger partial charge in [-0.15, -0.1) is 11.3 Å². The molecule has 0 amide bonds. The quantitative estimate of drug-likeness (QED) is 0.348. The minimum Gasteiger partial charge on any atom is -0.465 e. The lowest BCUT2D eigenvalue weighted by Gasteiger charge is -2.23. The molecule has 3 aromatic heterocycles. The van der Waals surface area contributed by atoms with Crippen molar-refractivity contribution in [1.82, 2.24) is 4.57 Å². The van der Waals surface area contributed by atoms with Gasteiger partial charge in [-0.05, 0) is 49.6 Å². The average molecular weight is 535 g/mol. The van der Waals surface area contributed by atoms with E-state index in [1.807, 2.05) is 23.6 Å². The van der Waals surface area contributed by atoms with Gasteiger partial charge in [0.05, 0.1) is 35.1 Å². The third-order valence-electron chi connectivity index (χ3n) is 5.80. The van der Waals surface area contributed by atoms with Crippen LogP contribution in [-0.2, 0) is 14.3 Å². The monoisotopic (exact) mass is 534 g/mol. The Kier molecular flexibility index (Phi) is 6.77. The van der Waals surface area contributed by atoms with Crippen molar-refractivity contribution in [2.45, 2.75) is 19.9 Å². The fourth-order valence-corrected chi connectivity index (χ4v) is 5.99. The number of furan rings is 1. The number of esters is 2. The lowest BCUT2D eigenvalue weighted by molar-refractivity contribution is -0.139. The smallest absolute Gasteiger partial charge is 0.338 e. The van der Waals surface area contributed by atoms with Crippen molar-refractivity contribution < 1.29 is 23.5 Å². The molecular formula is C27H22N2O6S2. The molecular weight excluding hydrogens is 512 g/mol. The maximum Gasteiger partial charge on any atom is 0.338 e. The van der Waals surface area contributed by atoms with Crippen molar-refractivity contribution in [3.63, 3.8) is 0 Å². The molecule has 0 unspecified atom stereocenters. The largest absolute Gasteiger partial charge is 0.465 e. The van der Waals surface area contributed by atoms with Gasteiger partial charge in [-0.2, -0.15) is 0 Å². The van der Waals surface area contributed by atoms with Crippen LogP contribution in [0.3, 0.4) is 0 Å². The van der Waals surface area contributed by atoms with E-state index in [0.29, 0.717) is 43.3 Å². The average Bonchev–Trinajstić information content (AvgIpc) is 3.65. The first-order valence-electron chi connectivity index (χ1n) is 11.4. The highest BCUT2D eigenvalue weighted by molar-refractivity contribution is 7.10. The summed E-state index contributed by atoms with van der Waals surface area (Å²) in [5, 5.41) is 1.91. The highest BCUT2D eigenvalue weighted by Gasteiger charge is 2.33. The van der Waals surface area contributed by atoms with Gasteiger partial charge < -0.3 is 13.9 Å². The van der Waals surface area contributed by atoms with Gasteiger partial charge in [0, 0.05) is 16.5 Å². The zero-order valence-corrected chi connectivity index (χ0v) is 21.9. The molecule has 5 rings (SSSR count). The summed E-state index contributed by atoms with van der Waals surface area (Å²) in [7, 11) is 1.33. The number of fused-ring (bicyclic) bond motifs is 1. The number of aromatic nitrogens is 1. The summed E-state index contributed by atoms with van der Waals surface area (Å²) >= 11 is 2.69. The maximum absolute atomic E-state index is 13.6. The Morgan fingerprint density at radius 3 is 2.73 bits per heavy atom. The van der Waals surface area contributed by atoms with Crippen molar-refractivity contribution in [3.8, 4) is 11.3 Å². The minimum absolute atomic E-state index is 0.223. The van der Waals surface area contributed by atoms with E-state index in [1.54, 1.807) is 54.8 Å². The van der Waals surface area contributed by atoms with E-state index in [0.717, 1.165) is 4.88 Å². The number of nitrogens with zero attached hydrogens (tertiary/aromatic N) is 2. The van der Waals surface area contributed by atoms with E-state index < -0.39 is 18.0 Å². The number of thiophene rings is 1. The second kappa shape index (κ2) is 10.2. The van der Waals surface area contributed by atoms with E-state index in [2.05, 4.69) is 4.99 Å². The highest BCUT2D eigenvalue weighted by atomic mass is 32.1. The molecule has 1 aliphatic rings. The first kappa shape index (κ1) is 24.7. The molecule has 1 atom stereocenters. The Hall–Kier alpha value is -4.02. The van der Waals surface area contributed by atoms with E-state index in [1.165, 1.54) is 29.8 Å². The zero-order chi connectivity index (χ0) is 26.1. The summed E-state index contributed by atoms with van der Waals surface area (Å²) in [4.78, 5) is 44.3. The molecule has 0 bridgehead atoms. The molecule has 0 radical (unpaired) electrons. The van der Waals surface area contributed by atoms with Crippen LogP contribution >= 0.6 is 22.7 Å². The zero-order valence-electron chi connectivity index (χ0n) is 20.2. The summed E-state index contributed by atoms with van der Waals surface area (Å²) in [6.07, 6.45) is 1.66. The van der Waals surface area contributed by atoms with Gasteiger partial charge in [0.2, 0.25) is 0 Å². The molecule has 0 aliphatic carbocycles. The Labute approximate surface area is 219 Å². The maximum atomic E-state index is 13.6. The van der Waals surface area contributed by atoms with Gasteiger partial charge in [0.15, 0.2) is 4.80 Å². The molecule has 0 spiro atoms. The van der Waals surface area contributed by atoms with Gasteiger partial charge >= 0.3 is 11.9 Å². The van der Waals surface area contributed by atoms with Crippen LogP contribution in [0.25, 0.3) is 17.4 Å². The summed E-state index contributed by atoms with van der Waals surface area (Å²) in [6, 6.07) is 13.6. The lowest BCUT2D eigenvalue weighted by Crippen LogP contribution is -2.39. The molecule has 0 fully saturated rings. The molecule has 37 heavy (non-hydrogen) atoms. The van der Waals surface area contributed by atoms with Gasteiger partial charge in [-0.25, -0.2) is 14.6 Å². The number of hydrogen-bond acceptors (Lipinski definition) is 9. The van der Waals surface area contributed by atoms with Crippen molar-refractivity contribution in [3.05, 3.63) is 101 Å². The lowest BCUT2D eigenvalue weighted by atomic mass is 10.0. The highest BCUT2D eigenvalue weighted by Crippen LogP contribution is 2.33. The van der Waals surface area contributed by atoms with E-state index in [9.17, 15) is 14.4 Å². The van der Waals surface area contributed by atoms with Gasteiger partial charge in [0.25, 0.3) is 5.56 Å². The molecule has 0 saturated carbocycles. The number of thiazole rings is 1. The Morgan fingerprint density at radius 2 is 2.00 bits per heavy atom. The summed E-state index contributed by atoms with van der Waals surface area (Å²) in [5.74, 6) is 0.0910. The molecule has 4 heterocycles. The van der Waals surface area contributed by atoms with Gasteiger partial charge in [0.1, 0.15) is 17.6 Å². The molecule has 0 N–H and O–H groups in total. The summed E-state index contributed by atoms with van der Waals surface area (Å²) < 4.78 is 18.0. The van der Waals surface area contributed by atoms with Crippen molar-refractivity contribution >= 4 is 40.7 Å². The number of allylic oxidation sites excluding steroid dienone is 1. The number of ether oxygens (including phenoxy) is 2. The minimum atomic E-state index is -0.620. The van der Waals surface area contributed by atoms with Crippen LogP contribution < -0.4 is 14.9 Å². The topological polar surface area (TPSA) is 100 Å². The molecule has 1 aliphatic heterocycles. The predicted molar refractivity (Wildman–Crippen MR) is 140 cm³/mol. The second-order valence-corrected chi connectivity index (χ2v) is 10.1. The molecule has 10 heteroatoms. The Bertz CT molecular complexity index is 1710. The van der Waals surface area contributed by atoms with Crippen molar-refractivity contribution in [2.24, 2.45) is 4.99 Å². The first-order valence-corrected chi connectivity index (χ1v) is 13.1. The molecule has 4 aromatic rings. The molecule has 0 saturated heterocycles. The normalized spacial score (nSPS) is 15.3. The summed E-state index contributed by atoms with van der Waals surface area (Å²) in [6.45, 7) is 3.72. The molecule has 1 aromatic carbocycles. The van der Waals surface area contributed by atoms with Crippen molar-refractivity contribution in [1.29, 1.82) is 0 Å². The van der Waals surface area contributed by atoms with E-state index >= 15 is 0 Å². The van der Waals surface area contributed by atoms with Crippen LogP contribution in [0.2, 0.25) is 0 Å². The van der Waals surface area contributed by atoms with Crippen LogP contribution in [0.5, 0.6) is 0 Å². The Balaban J connectivity index is 1.58. The van der Waals surface area contributed by atoms with Crippen LogP contribution in [0, 0.1) is 0 Å². The van der Waals surface area contributed by atoms with Crippen molar-refractivity contribution in [2.75, 3.05) is 13.7 Å². The summed E-state index contributed by atoms with van der Waals surface area (Å²) in [5.41, 5.74) is 1.72. The number of carbonyl (C=O) groups is 2. The second-order valence-electron chi connectivity index (χ2n) is 8.09. The first-order chi connectivity index (χ1) is 17.9. The fourth-order valence-electron chi connectivity index (χ4n) is 4.14. The van der Waals surface area contributed by atoms with E-state index in [-0.39, 0.29) is 12.2 Å². The number of hydrogen-bond donors (Lipinski definition) is 0. The van der Waals surface area contributed by atoms with Crippen LogP contribution in [0.4, 0.5) is 0 Å². The van der Waals surface area contributed by atoms with Gasteiger partial charge in [-0.1, -0.05) is 29.5 Å². The van der Waals surface area contributed by atoms with Gasteiger partial charge in [-0.3, -0.25) is 9.36 Å². The molecule has 188 valence electrons. The number of methoxy groups -OCH3 is 1. The Morgan fingerprint density at radius 1 is 1.16 bits per heavy atom. The number of carbonyl (C=O) groups excluding carboxylic acids is 2. The number of benzene rings is 1. The standard InChI is InChI=1S/C27H22N2O6S2/c1-4-34-26(32)22-15(2)28-27-29(23(22)20-9-6-12-36-20)24(30)21(37-27)14-18-10-11-19(35-18)16-7-5-8-17(13-16)25(31)33-3/h5-14,23H,4H2,1-3H3/b21-14+/t23-/m1/s1. The third-order valence-corrected chi connectivity index (χ3v) is 7.71. The molecule has 8 nitrogen and oxygen atoms in total. The SMILES string of the molecule is CCOC(=O)C1=C(C)N=c2s/c(=C/c3ccc(-c4cccc(C(=O)OC)c4)o3)c(=O)n2[C@@H]1c1cccs1. The number of rotatable bonds is 6. The van der Waals surface area contributed by atoms with Crippen LogP contribution in [-0.4, -0.2) is 30.2 Å². The van der Waals surface area contributed by atoms with Crippen LogP contribution in [0.1, 0.15) is 40.9 Å². The third kappa shape index (κ3) is 4.61. The van der Waals surface area contributed by atoms with Crippen LogP contribution in [0.15, 0.2) is 79.4 Å². The fraction of sp³-hybridized carbons (Fsp3) is 0.185. The predicted octanol–water partition coefficient (Wildman–Crippen LogP) is 3.91.